The summed E-state index contributed by atoms with van der Waals surface area (Å²) in [7, 11) is 0. The van der Waals surface area contributed by atoms with Gasteiger partial charge in [0.1, 0.15) is 5.82 Å². The molecule has 0 aliphatic carbocycles. The molecule has 0 atom stereocenters. The zero-order valence-corrected chi connectivity index (χ0v) is 11.5. The second kappa shape index (κ2) is 6.52. The third-order valence-electron chi connectivity index (χ3n) is 2.51. The molecular formula is C12H14BrF4N. The molecule has 0 aliphatic heterocycles. The van der Waals surface area contributed by atoms with Gasteiger partial charge in [0.05, 0.1) is 6.54 Å². The number of halogens is 5. The van der Waals surface area contributed by atoms with Crippen molar-refractivity contribution < 1.29 is 17.6 Å². The summed E-state index contributed by atoms with van der Waals surface area (Å²) in [5, 5.41) is 0.442. The van der Waals surface area contributed by atoms with Crippen LogP contribution in [0.4, 0.5) is 17.6 Å². The van der Waals surface area contributed by atoms with Gasteiger partial charge >= 0.3 is 6.18 Å². The van der Waals surface area contributed by atoms with E-state index in [0.717, 1.165) is 5.56 Å². The fraction of sp³-hybridized carbons (Fsp3) is 0.500. The SMILES string of the molecule is Cc1ccc(F)cc1CN(CCBr)CC(F)(F)F. The molecule has 0 fully saturated rings. The predicted octanol–water partition coefficient (Wildman–Crippen LogP) is 3.89. The highest BCUT2D eigenvalue weighted by Gasteiger charge is 2.30. The number of aryl methyl sites for hydroxylation is 1. The van der Waals surface area contributed by atoms with Gasteiger partial charge in [-0.3, -0.25) is 4.90 Å². The fourth-order valence-corrected chi connectivity index (χ4v) is 2.14. The third-order valence-corrected chi connectivity index (χ3v) is 2.86. The number of benzene rings is 1. The van der Waals surface area contributed by atoms with E-state index in [1.54, 1.807) is 13.0 Å². The lowest BCUT2D eigenvalue weighted by Crippen LogP contribution is -2.35. The van der Waals surface area contributed by atoms with E-state index in [0.29, 0.717) is 10.9 Å². The Morgan fingerprint density at radius 2 is 1.94 bits per heavy atom. The van der Waals surface area contributed by atoms with Crippen LogP contribution in [0.1, 0.15) is 11.1 Å². The van der Waals surface area contributed by atoms with E-state index < -0.39 is 18.5 Å². The van der Waals surface area contributed by atoms with Crippen molar-refractivity contribution in [3.8, 4) is 0 Å². The van der Waals surface area contributed by atoms with Crippen LogP contribution in [0, 0.1) is 12.7 Å². The lowest BCUT2D eigenvalue weighted by Gasteiger charge is -2.23. The summed E-state index contributed by atoms with van der Waals surface area (Å²) < 4.78 is 50.2. The molecule has 1 rings (SSSR count). The highest BCUT2D eigenvalue weighted by Crippen LogP contribution is 2.19. The van der Waals surface area contributed by atoms with Crippen molar-refractivity contribution in [2.24, 2.45) is 0 Å². The Bertz CT molecular complexity index is 392. The third kappa shape index (κ3) is 5.35. The molecule has 0 N–H and O–H groups in total. The van der Waals surface area contributed by atoms with Crippen molar-refractivity contribution in [1.82, 2.24) is 4.90 Å². The number of nitrogens with zero attached hydrogens (tertiary/aromatic N) is 1. The van der Waals surface area contributed by atoms with Crippen molar-refractivity contribution >= 4 is 15.9 Å². The minimum atomic E-state index is -4.25. The van der Waals surface area contributed by atoms with Gasteiger partial charge in [-0.05, 0) is 30.2 Å². The molecule has 0 bridgehead atoms. The molecule has 6 heteroatoms. The van der Waals surface area contributed by atoms with Crippen LogP contribution >= 0.6 is 15.9 Å². The first-order chi connectivity index (χ1) is 8.31. The molecule has 0 amide bonds. The molecule has 0 unspecified atom stereocenters. The molecule has 18 heavy (non-hydrogen) atoms. The fourth-order valence-electron chi connectivity index (χ4n) is 1.64. The first-order valence-electron chi connectivity index (χ1n) is 5.42. The maximum absolute atomic E-state index is 13.1. The van der Waals surface area contributed by atoms with Crippen molar-refractivity contribution in [1.29, 1.82) is 0 Å². The van der Waals surface area contributed by atoms with E-state index >= 15 is 0 Å². The maximum atomic E-state index is 13.1. The first-order valence-corrected chi connectivity index (χ1v) is 6.54. The predicted molar refractivity (Wildman–Crippen MR) is 66.3 cm³/mol. The molecule has 1 aromatic rings. The summed E-state index contributed by atoms with van der Waals surface area (Å²) in [5.41, 5.74) is 1.37. The van der Waals surface area contributed by atoms with Gasteiger partial charge in [0.15, 0.2) is 0 Å². The van der Waals surface area contributed by atoms with E-state index in [2.05, 4.69) is 15.9 Å². The Balaban J connectivity index is 2.79. The van der Waals surface area contributed by atoms with Crippen LogP contribution in [0.15, 0.2) is 18.2 Å². The maximum Gasteiger partial charge on any atom is 0.401 e. The Kier molecular flexibility index (Phi) is 5.59. The molecule has 0 saturated heterocycles. The highest BCUT2D eigenvalue weighted by molar-refractivity contribution is 9.09. The average molecular weight is 328 g/mol. The smallest absolute Gasteiger partial charge is 0.290 e. The topological polar surface area (TPSA) is 3.24 Å². The number of alkyl halides is 4. The van der Waals surface area contributed by atoms with E-state index in [1.807, 2.05) is 0 Å². The van der Waals surface area contributed by atoms with E-state index in [1.165, 1.54) is 17.0 Å². The lowest BCUT2D eigenvalue weighted by atomic mass is 10.1. The van der Waals surface area contributed by atoms with Gasteiger partial charge in [0.2, 0.25) is 0 Å². The molecule has 102 valence electrons. The van der Waals surface area contributed by atoms with E-state index in [9.17, 15) is 17.6 Å². The molecule has 1 aromatic carbocycles. The summed E-state index contributed by atoms with van der Waals surface area (Å²) >= 11 is 3.12. The van der Waals surface area contributed by atoms with Gasteiger partial charge in [-0.25, -0.2) is 4.39 Å². The molecule has 0 saturated carbocycles. The van der Waals surface area contributed by atoms with Crippen LogP contribution in [0.5, 0.6) is 0 Å². The number of hydrogen-bond donors (Lipinski definition) is 0. The van der Waals surface area contributed by atoms with Crippen molar-refractivity contribution in [2.45, 2.75) is 19.6 Å². The average Bonchev–Trinajstić information content (AvgIpc) is 2.21. The number of rotatable bonds is 5. The largest absolute Gasteiger partial charge is 0.401 e. The van der Waals surface area contributed by atoms with Gasteiger partial charge < -0.3 is 0 Å². The summed E-state index contributed by atoms with van der Waals surface area (Å²) in [6.45, 7) is 1.12. The van der Waals surface area contributed by atoms with Gasteiger partial charge in [-0.1, -0.05) is 22.0 Å². The monoisotopic (exact) mass is 327 g/mol. The molecule has 0 aliphatic rings. The normalized spacial score (nSPS) is 12.2. The second-order valence-electron chi connectivity index (χ2n) is 4.09. The molecule has 1 nitrogen and oxygen atoms in total. The standard InChI is InChI=1S/C12H14BrF4N/c1-9-2-3-11(14)6-10(9)7-18(5-4-13)8-12(15,16)17/h2-3,6H,4-5,7-8H2,1H3. The van der Waals surface area contributed by atoms with Gasteiger partial charge in [0, 0.05) is 18.4 Å². The quantitative estimate of drug-likeness (QED) is 0.585. The minimum Gasteiger partial charge on any atom is -0.290 e. The highest BCUT2D eigenvalue weighted by atomic mass is 79.9. The summed E-state index contributed by atoms with van der Waals surface area (Å²) in [6.07, 6.45) is -4.25. The van der Waals surface area contributed by atoms with Crippen molar-refractivity contribution in [2.75, 3.05) is 18.4 Å². The number of hydrogen-bond acceptors (Lipinski definition) is 1. The Hall–Kier alpha value is -0.620. The summed E-state index contributed by atoms with van der Waals surface area (Å²) in [6, 6.07) is 4.16. The van der Waals surface area contributed by atoms with Gasteiger partial charge in [-0.2, -0.15) is 13.2 Å². The Labute approximate surface area is 112 Å². The second-order valence-corrected chi connectivity index (χ2v) is 4.88. The van der Waals surface area contributed by atoms with Crippen LogP contribution in [-0.4, -0.2) is 29.5 Å². The molecular weight excluding hydrogens is 314 g/mol. The molecule has 0 heterocycles. The lowest BCUT2D eigenvalue weighted by molar-refractivity contribution is -0.146. The van der Waals surface area contributed by atoms with E-state index in [4.69, 9.17) is 0 Å². The van der Waals surface area contributed by atoms with Crippen LogP contribution in [0.3, 0.4) is 0 Å². The van der Waals surface area contributed by atoms with Crippen LogP contribution in [0.25, 0.3) is 0 Å². The van der Waals surface area contributed by atoms with Gasteiger partial charge in [0.25, 0.3) is 0 Å². The van der Waals surface area contributed by atoms with Crippen LogP contribution in [-0.2, 0) is 6.54 Å². The van der Waals surface area contributed by atoms with Crippen LogP contribution < -0.4 is 0 Å². The molecule has 0 spiro atoms. The van der Waals surface area contributed by atoms with Crippen molar-refractivity contribution in [3.63, 3.8) is 0 Å². The molecule has 0 radical (unpaired) electrons. The molecule has 0 aromatic heterocycles. The Morgan fingerprint density at radius 1 is 1.28 bits per heavy atom. The zero-order chi connectivity index (χ0) is 13.8. The van der Waals surface area contributed by atoms with Gasteiger partial charge in [-0.15, -0.1) is 0 Å². The van der Waals surface area contributed by atoms with Crippen LogP contribution in [0.2, 0.25) is 0 Å². The summed E-state index contributed by atoms with van der Waals surface area (Å²) in [4.78, 5) is 1.25. The minimum absolute atomic E-state index is 0.0920. The van der Waals surface area contributed by atoms with E-state index in [-0.39, 0.29) is 13.1 Å². The van der Waals surface area contributed by atoms with Crippen molar-refractivity contribution in [3.05, 3.63) is 35.1 Å². The summed E-state index contributed by atoms with van der Waals surface area (Å²) in [5.74, 6) is -0.429. The zero-order valence-electron chi connectivity index (χ0n) is 9.90. The Morgan fingerprint density at radius 3 is 2.50 bits per heavy atom. The first kappa shape index (κ1) is 15.4.